The first kappa shape index (κ1) is 20.3. The zero-order valence-corrected chi connectivity index (χ0v) is 17.0. The number of hydrazine groups is 1. The van der Waals surface area contributed by atoms with Crippen molar-refractivity contribution in [2.75, 3.05) is 6.61 Å². The number of hydrogen-bond donors (Lipinski definition) is 2. The van der Waals surface area contributed by atoms with Gasteiger partial charge < -0.3 is 13.7 Å². The Balaban J connectivity index is 1.55. The lowest BCUT2D eigenvalue weighted by molar-refractivity contribution is -0.123. The molecule has 0 radical (unpaired) electrons. The molecule has 1 aromatic carbocycles. The largest absolute Gasteiger partial charge is 0.484 e. The number of hydrogen-bond acceptors (Lipinski definition) is 4. The molecule has 2 heterocycles. The molecule has 2 N–H and O–H groups in total. The summed E-state index contributed by atoms with van der Waals surface area (Å²) in [5.41, 5.74) is 9.15. The monoisotopic (exact) mass is 395 g/mol. The van der Waals surface area contributed by atoms with E-state index >= 15 is 0 Å². The molecule has 0 aliphatic rings. The number of rotatable bonds is 6. The Morgan fingerprint density at radius 3 is 2.41 bits per heavy atom. The first-order valence-corrected chi connectivity index (χ1v) is 9.33. The van der Waals surface area contributed by atoms with Gasteiger partial charge in [0.05, 0.1) is 18.4 Å². The van der Waals surface area contributed by atoms with Crippen LogP contribution in [0.3, 0.4) is 0 Å². The normalized spacial score (nSPS) is 10.6. The van der Waals surface area contributed by atoms with Crippen molar-refractivity contribution < 1.29 is 18.7 Å². The van der Waals surface area contributed by atoms with Gasteiger partial charge in [0.15, 0.2) is 6.61 Å². The summed E-state index contributed by atoms with van der Waals surface area (Å²) in [5.74, 6) is 0.589. The van der Waals surface area contributed by atoms with Crippen molar-refractivity contribution in [3.05, 3.63) is 76.5 Å². The van der Waals surface area contributed by atoms with E-state index < -0.39 is 5.91 Å². The van der Waals surface area contributed by atoms with Gasteiger partial charge in [0.25, 0.3) is 11.8 Å². The maximum Gasteiger partial charge on any atom is 0.276 e. The molecule has 2 amide bonds. The predicted octanol–water partition coefficient (Wildman–Crippen LogP) is 3.20. The molecule has 0 aliphatic carbocycles. The number of benzene rings is 1. The summed E-state index contributed by atoms with van der Waals surface area (Å²) in [5, 5.41) is 0. The van der Waals surface area contributed by atoms with Crippen molar-refractivity contribution in [2.45, 2.75) is 34.2 Å². The van der Waals surface area contributed by atoms with Gasteiger partial charge in [-0.3, -0.25) is 20.4 Å². The summed E-state index contributed by atoms with van der Waals surface area (Å²) in [6.07, 6.45) is 1.62. The molecule has 2 aromatic heterocycles. The van der Waals surface area contributed by atoms with Crippen LogP contribution in [0.15, 0.2) is 47.1 Å². The number of aryl methyl sites for hydroxylation is 3. The van der Waals surface area contributed by atoms with Crippen molar-refractivity contribution >= 4 is 11.8 Å². The van der Waals surface area contributed by atoms with E-state index in [9.17, 15) is 9.59 Å². The summed E-state index contributed by atoms with van der Waals surface area (Å²) >= 11 is 0. The molecule has 0 spiro atoms. The molecule has 0 saturated carbocycles. The van der Waals surface area contributed by atoms with Gasteiger partial charge in [-0.15, -0.1) is 0 Å². The standard InChI is InChI=1S/C22H25N3O4/c1-14-8-15(2)10-19(9-14)29-13-21(26)23-24-22(27)20-11-16(3)25(17(20)4)12-18-6-5-7-28-18/h5-11H,12-13H2,1-4H3,(H,23,26)(H,24,27). The van der Waals surface area contributed by atoms with E-state index in [4.69, 9.17) is 9.15 Å². The second-order valence-corrected chi connectivity index (χ2v) is 7.06. The van der Waals surface area contributed by atoms with Gasteiger partial charge in [-0.2, -0.15) is 0 Å². The molecule has 3 rings (SSSR count). The molecule has 0 fully saturated rings. The lowest BCUT2D eigenvalue weighted by Crippen LogP contribution is -2.44. The smallest absolute Gasteiger partial charge is 0.276 e. The highest BCUT2D eigenvalue weighted by Gasteiger charge is 2.17. The molecule has 0 atom stereocenters. The Kier molecular flexibility index (Phi) is 6.07. The molecular formula is C22H25N3O4. The summed E-state index contributed by atoms with van der Waals surface area (Å²) in [7, 11) is 0. The van der Waals surface area contributed by atoms with E-state index in [1.165, 1.54) is 0 Å². The predicted molar refractivity (Wildman–Crippen MR) is 109 cm³/mol. The second-order valence-electron chi connectivity index (χ2n) is 7.06. The van der Waals surface area contributed by atoms with Crippen LogP contribution in [0.5, 0.6) is 5.75 Å². The maximum atomic E-state index is 12.5. The average Bonchev–Trinajstić information content (AvgIpc) is 3.27. The van der Waals surface area contributed by atoms with Crippen molar-refractivity contribution in [3.63, 3.8) is 0 Å². The quantitative estimate of drug-likeness (QED) is 0.628. The molecule has 7 heteroatoms. The van der Waals surface area contributed by atoms with Gasteiger partial charge >= 0.3 is 0 Å². The number of carbonyl (C=O) groups excluding carboxylic acids is 2. The average molecular weight is 395 g/mol. The highest BCUT2D eigenvalue weighted by molar-refractivity contribution is 5.96. The number of ether oxygens (including phenoxy) is 1. The fourth-order valence-corrected chi connectivity index (χ4v) is 3.23. The van der Waals surface area contributed by atoms with Gasteiger partial charge in [-0.05, 0) is 69.2 Å². The number of nitrogens with one attached hydrogen (secondary N) is 2. The van der Waals surface area contributed by atoms with Crippen LogP contribution in [0.1, 0.15) is 38.6 Å². The van der Waals surface area contributed by atoms with Crippen LogP contribution >= 0.6 is 0 Å². The molecule has 0 bridgehead atoms. The number of furan rings is 1. The Labute approximate surface area is 169 Å². The minimum atomic E-state index is -0.443. The summed E-state index contributed by atoms with van der Waals surface area (Å²) in [4.78, 5) is 24.5. The van der Waals surface area contributed by atoms with Crippen molar-refractivity contribution in [1.82, 2.24) is 15.4 Å². The maximum absolute atomic E-state index is 12.5. The van der Waals surface area contributed by atoms with Gasteiger partial charge in [-0.25, -0.2) is 0 Å². The first-order chi connectivity index (χ1) is 13.8. The fraction of sp³-hybridized carbons (Fsp3) is 0.273. The molecule has 0 saturated heterocycles. The number of carbonyl (C=O) groups is 2. The van der Waals surface area contributed by atoms with Crippen LogP contribution in [0.4, 0.5) is 0 Å². The zero-order valence-electron chi connectivity index (χ0n) is 17.0. The van der Waals surface area contributed by atoms with Crippen molar-refractivity contribution in [1.29, 1.82) is 0 Å². The summed E-state index contributed by atoms with van der Waals surface area (Å²) in [6.45, 7) is 8.04. The Bertz CT molecular complexity index is 999. The van der Waals surface area contributed by atoms with E-state index in [0.29, 0.717) is 17.9 Å². The van der Waals surface area contributed by atoms with Gasteiger partial charge in [0.1, 0.15) is 11.5 Å². The summed E-state index contributed by atoms with van der Waals surface area (Å²) in [6, 6.07) is 11.2. The fourth-order valence-electron chi connectivity index (χ4n) is 3.23. The first-order valence-electron chi connectivity index (χ1n) is 9.33. The molecular weight excluding hydrogens is 370 g/mol. The van der Waals surface area contributed by atoms with Crippen LogP contribution < -0.4 is 15.6 Å². The minimum Gasteiger partial charge on any atom is -0.484 e. The van der Waals surface area contributed by atoms with E-state index in [2.05, 4.69) is 10.9 Å². The Morgan fingerprint density at radius 2 is 1.76 bits per heavy atom. The van der Waals surface area contributed by atoms with Gasteiger partial charge in [0.2, 0.25) is 0 Å². The van der Waals surface area contributed by atoms with E-state index in [1.807, 2.05) is 62.6 Å². The number of nitrogens with zero attached hydrogens (tertiary/aromatic N) is 1. The Hall–Kier alpha value is -3.48. The van der Waals surface area contributed by atoms with Crippen LogP contribution in [0, 0.1) is 27.7 Å². The molecule has 3 aromatic rings. The zero-order chi connectivity index (χ0) is 21.0. The number of amides is 2. The number of aromatic nitrogens is 1. The van der Waals surface area contributed by atoms with Crippen LogP contribution in [0.2, 0.25) is 0 Å². The molecule has 0 unspecified atom stereocenters. The lowest BCUT2D eigenvalue weighted by Gasteiger charge is -2.10. The summed E-state index contributed by atoms with van der Waals surface area (Å²) < 4.78 is 12.9. The molecule has 152 valence electrons. The SMILES string of the molecule is Cc1cc(C)cc(OCC(=O)NNC(=O)c2cc(C)n(Cc3ccco3)c2C)c1. The van der Waals surface area contributed by atoms with Crippen molar-refractivity contribution in [2.24, 2.45) is 0 Å². The minimum absolute atomic E-state index is 0.194. The van der Waals surface area contributed by atoms with Gasteiger partial charge in [-0.1, -0.05) is 6.07 Å². The van der Waals surface area contributed by atoms with Crippen LogP contribution in [-0.4, -0.2) is 23.0 Å². The third-order valence-electron chi connectivity index (χ3n) is 4.59. The van der Waals surface area contributed by atoms with Crippen molar-refractivity contribution in [3.8, 4) is 5.75 Å². The second kappa shape index (κ2) is 8.68. The van der Waals surface area contributed by atoms with E-state index in [-0.39, 0.29) is 12.5 Å². The highest BCUT2D eigenvalue weighted by atomic mass is 16.5. The lowest BCUT2D eigenvalue weighted by atomic mass is 10.1. The topological polar surface area (TPSA) is 85.5 Å². The molecule has 0 aliphatic heterocycles. The third kappa shape index (κ3) is 5.07. The van der Waals surface area contributed by atoms with Crippen LogP contribution in [-0.2, 0) is 11.3 Å². The van der Waals surface area contributed by atoms with E-state index in [1.54, 1.807) is 12.3 Å². The third-order valence-corrected chi connectivity index (χ3v) is 4.59. The highest BCUT2D eigenvalue weighted by Crippen LogP contribution is 2.18. The van der Waals surface area contributed by atoms with E-state index in [0.717, 1.165) is 28.3 Å². The van der Waals surface area contributed by atoms with Gasteiger partial charge in [0, 0.05) is 11.4 Å². The van der Waals surface area contributed by atoms with Crippen LogP contribution in [0.25, 0.3) is 0 Å². The Morgan fingerprint density at radius 1 is 1.03 bits per heavy atom. The molecule has 29 heavy (non-hydrogen) atoms. The molecule has 7 nitrogen and oxygen atoms in total.